The number of para-hydroxylation sites is 2. The predicted molar refractivity (Wildman–Crippen MR) is 118 cm³/mol. The molecule has 2 heterocycles. The lowest BCUT2D eigenvalue weighted by atomic mass is 9.96. The van der Waals surface area contributed by atoms with Crippen LogP contribution >= 0.6 is 11.3 Å². The number of hydrogen-bond donors (Lipinski definition) is 1. The summed E-state index contributed by atoms with van der Waals surface area (Å²) >= 11 is 1.71. The molecule has 1 saturated heterocycles. The second-order valence-electron chi connectivity index (χ2n) is 7.57. The summed E-state index contributed by atoms with van der Waals surface area (Å²) in [6, 6.07) is 16.6. The summed E-state index contributed by atoms with van der Waals surface area (Å²) in [6.07, 6.45) is -0.427. The minimum Gasteiger partial charge on any atom is -0.495 e. The number of nitrogens with zero attached hydrogens (tertiary/aromatic N) is 2. The van der Waals surface area contributed by atoms with E-state index in [0.717, 1.165) is 44.0 Å². The summed E-state index contributed by atoms with van der Waals surface area (Å²) in [6.45, 7) is 7.02. The van der Waals surface area contributed by atoms with Crippen molar-refractivity contribution in [1.82, 2.24) is 4.90 Å². The van der Waals surface area contributed by atoms with Gasteiger partial charge in [0.15, 0.2) is 0 Å². The number of anilines is 1. The van der Waals surface area contributed by atoms with Crippen LogP contribution in [0.4, 0.5) is 5.69 Å². The average molecular weight is 397 g/mol. The number of aliphatic hydroxyl groups is 1. The minimum atomic E-state index is -0.427. The second kappa shape index (κ2) is 8.52. The molecule has 148 valence electrons. The Hall–Kier alpha value is -2.08. The van der Waals surface area contributed by atoms with E-state index in [9.17, 15) is 5.11 Å². The molecule has 3 aromatic rings. The van der Waals surface area contributed by atoms with Crippen LogP contribution < -0.4 is 9.64 Å². The fraction of sp³-hybridized carbons (Fsp3) is 0.391. The molecule has 1 fully saturated rings. The number of piperazine rings is 1. The van der Waals surface area contributed by atoms with Crippen molar-refractivity contribution in [3.63, 3.8) is 0 Å². The van der Waals surface area contributed by atoms with Crippen LogP contribution in [0.3, 0.4) is 0 Å². The lowest BCUT2D eigenvalue weighted by molar-refractivity contribution is 0.0876. The van der Waals surface area contributed by atoms with Gasteiger partial charge in [-0.2, -0.15) is 0 Å². The topological polar surface area (TPSA) is 35.9 Å². The highest BCUT2D eigenvalue weighted by Gasteiger charge is 2.25. The van der Waals surface area contributed by atoms with Gasteiger partial charge >= 0.3 is 0 Å². The SMILES string of the molecule is COc1ccccc1N1CCN(CC(C)C(O)c2csc3ccccc23)CC1. The van der Waals surface area contributed by atoms with Crippen LogP contribution in [0.1, 0.15) is 18.6 Å². The molecule has 5 heteroatoms. The number of hydrogen-bond acceptors (Lipinski definition) is 5. The van der Waals surface area contributed by atoms with Crippen molar-refractivity contribution in [1.29, 1.82) is 0 Å². The molecule has 0 aliphatic carbocycles. The molecule has 2 unspecified atom stereocenters. The van der Waals surface area contributed by atoms with Crippen LogP contribution in [0.2, 0.25) is 0 Å². The largest absolute Gasteiger partial charge is 0.495 e. The van der Waals surface area contributed by atoms with E-state index in [0.29, 0.717) is 0 Å². The van der Waals surface area contributed by atoms with Crippen LogP contribution in [-0.2, 0) is 0 Å². The summed E-state index contributed by atoms with van der Waals surface area (Å²) in [5.41, 5.74) is 2.24. The zero-order chi connectivity index (χ0) is 19.5. The molecule has 1 aliphatic rings. The first-order valence-corrected chi connectivity index (χ1v) is 10.8. The Morgan fingerprint density at radius 2 is 1.75 bits per heavy atom. The summed E-state index contributed by atoms with van der Waals surface area (Å²) in [5.74, 6) is 1.12. The van der Waals surface area contributed by atoms with Gasteiger partial charge in [-0.15, -0.1) is 11.3 Å². The molecule has 0 spiro atoms. The molecule has 0 amide bonds. The van der Waals surface area contributed by atoms with Gasteiger partial charge in [-0.25, -0.2) is 0 Å². The summed E-state index contributed by atoms with van der Waals surface area (Å²) in [4.78, 5) is 4.86. The van der Waals surface area contributed by atoms with Crippen molar-refractivity contribution in [2.45, 2.75) is 13.0 Å². The first-order chi connectivity index (χ1) is 13.7. The smallest absolute Gasteiger partial charge is 0.142 e. The van der Waals surface area contributed by atoms with Gasteiger partial charge in [-0.3, -0.25) is 4.90 Å². The van der Waals surface area contributed by atoms with Crippen molar-refractivity contribution in [2.75, 3.05) is 44.7 Å². The van der Waals surface area contributed by atoms with Crippen LogP contribution in [-0.4, -0.2) is 49.8 Å². The summed E-state index contributed by atoms with van der Waals surface area (Å²) in [5, 5.41) is 14.3. The van der Waals surface area contributed by atoms with Gasteiger partial charge in [0.05, 0.1) is 18.9 Å². The van der Waals surface area contributed by atoms with E-state index >= 15 is 0 Å². The molecule has 4 rings (SSSR count). The molecular weight excluding hydrogens is 368 g/mol. The summed E-state index contributed by atoms with van der Waals surface area (Å²) in [7, 11) is 1.73. The lowest BCUT2D eigenvalue weighted by Gasteiger charge is -2.38. The quantitative estimate of drug-likeness (QED) is 0.670. The van der Waals surface area contributed by atoms with Crippen molar-refractivity contribution >= 4 is 27.1 Å². The molecule has 28 heavy (non-hydrogen) atoms. The predicted octanol–water partition coefficient (Wildman–Crippen LogP) is 4.40. The van der Waals surface area contributed by atoms with Gasteiger partial charge in [0.2, 0.25) is 0 Å². The number of rotatable bonds is 6. The third kappa shape index (κ3) is 3.88. The number of benzene rings is 2. The van der Waals surface area contributed by atoms with E-state index in [4.69, 9.17) is 4.74 Å². The van der Waals surface area contributed by atoms with E-state index in [1.165, 1.54) is 15.8 Å². The maximum Gasteiger partial charge on any atom is 0.142 e. The van der Waals surface area contributed by atoms with E-state index in [1.807, 2.05) is 18.2 Å². The molecule has 4 nitrogen and oxygen atoms in total. The number of ether oxygens (including phenoxy) is 1. The third-order valence-corrected chi connectivity index (χ3v) is 6.69. The van der Waals surface area contributed by atoms with Gasteiger partial charge in [0, 0.05) is 37.4 Å². The highest BCUT2D eigenvalue weighted by molar-refractivity contribution is 7.17. The van der Waals surface area contributed by atoms with E-state index < -0.39 is 6.10 Å². The van der Waals surface area contributed by atoms with Gasteiger partial charge in [-0.05, 0) is 40.4 Å². The number of aliphatic hydroxyl groups excluding tert-OH is 1. The highest BCUT2D eigenvalue weighted by atomic mass is 32.1. The van der Waals surface area contributed by atoms with Crippen LogP contribution in [0.25, 0.3) is 10.1 Å². The Balaban J connectivity index is 1.36. The number of fused-ring (bicyclic) bond motifs is 1. The number of thiophene rings is 1. The first-order valence-electron chi connectivity index (χ1n) is 9.92. The van der Waals surface area contributed by atoms with Crippen molar-refractivity contribution in [3.05, 3.63) is 59.5 Å². The molecule has 2 atom stereocenters. The number of methoxy groups -OCH3 is 1. The molecule has 1 aliphatic heterocycles. The van der Waals surface area contributed by atoms with Gasteiger partial charge in [0.25, 0.3) is 0 Å². The maximum atomic E-state index is 11.0. The molecule has 2 aromatic carbocycles. The average Bonchev–Trinajstić information content (AvgIpc) is 3.18. The third-order valence-electron chi connectivity index (χ3n) is 5.71. The summed E-state index contributed by atoms with van der Waals surface area (Å²) < 4.78 is 6.76. The Labute approximate surface area is 171 Å². The molecule has 1 aromatic heterocycles. The Bertz CT molecular complexity index is 918. The molecule has 0 bridgehead atoms. The Kier molecular flexibility index (Phi) is 5.85. The fourth-order valence-electron chi connectivity index (χ4n) is 4.10. The van der Waals surface area contributed by atoms with Gasteiger partial charge < -0.3 is 14.7 Å². The monoisotopic (exact) mass is 396 g/mol. The first kappa shape index (κ1) is 19.2. The van der Waals surface area contributed by atoms with Crippen LogP contribution in [0.5, 0.6) is 5.75 Å². The lowest BCUT2D eigenvalue weighted by Crippen LogP contribution is -2.48. The van der Waals surface area contributed by atoms with Crippen molar-refractivity contribution in [2.24, 2.45) is 5.92 Å². The van der Waals surface area contributed by atoms with Crippen molar-refractivity contribution < 1.29 is 9.84 Å². The highest BCUT2D eigenvalue weighted by Crippen LogP contribution is 2.34. The molecular formula is C23H28N2O2S. The van der Waals surface area contributed by atoms with Crippen LogP contribution in [0.15, 0.2) is 53.9 Å². The minimum absolute atomic E-state index is 0.191. The fourth-order valence-corrected chi connectivity index (χ4v) is 5.09. The Morgan fingerprint density at radius 1 is 1.04 bits per heavy atom. The van der Waals surface area contributed by atoms with Gasteiger partial charge in [-0.1, -0.05) is 37.3 Å². The second-order valence-corrected chi connectivity index (χ2v) is 8.48. The molecule has 0 saturated carbocycles. The van der Waals surface area contributed by atoms with E-state index in [1.54, 1.807) is 18.4 Å². The molecule has 1 N–H and O–H groups in total. The standard InChI is InChI=1S/C23H28N2O2S/c1-17(23(26)19-16-28-22-10-6-3-7-18(19)22)15-24-11-13-25(14-12-24)20-8-4-5-9-21(20)27-2/h3-10,16-17,23,26H,11-15H2,1-2H3. The zero-order valence-corrected chi connectivity index (χ0v) is 17.4. The maximum absolute atomic E-state index is 11.0. The van der Waals surface area contributed by atoms with Gasteiger partial charge in [0.1, 0.15) is 5.75 Å². The van der Waals surface area contributed by atoms with Crippen LogP contribution in [0, 0.1) is 5.92 Å². The van der Waals surface area contributed by atoms with E-state index in [-0.39, 0.29) is 5.92 Å². The van der Waals surface area contributed by atoms with E-state index in [2.05, 4.69) is 52.4 Å². The molecule has 0 radical (unpaired) electrons. The normalized spacial score (nSPS) is 17.6. The van der Waals surface area contributed by atoms with Crippen molar-refractivity contribution in [3.8, 4) is 5.75 Å². The Morgan fingerprint density at radius 3 is 2.54 bits per heavy atom. The zero-order valence-electron chi connectivity index (χ0n) is 16.5.